The minimum Gasteiger partial charge on any atom is -0.466 e. The van der Waals surface area contributed by atoms with E-state index in [9.17, 15) is 4.79 Å². The molecule has 7 heteroatoms. The zero-order valence-corrected chi connectivity index (χ0v) is 15.3. The van der Waals surface area contributed by atoms with Crippen LogP contribution in [0.15, 0.2) is 48.5 Å². The third-order valence-corrected chi connectivity index (χ3v) is 4.06. The Hall–Kier alpha value is -2.86. The number of halogens is 1. The number of anilines is 1. The van der Waals surface area contributed by atoms with Crippen molar-refractivity contribution >= 4 is 23.2 Å². The number of hydrogen-bond acceptors (Lipinski definition) is 4. The Kier molecular flexibility index (Phi) is 5.53. The number of hydrogen-bond donors (Lipinski definition) is 1. The number of ether oxygens (including phenoxy) is 1. The molecular formula is C19H19ClN4O2. The Labute approximate surface area is 156 Å². The van der Waals surface area contributed by atoms with Crippen molar-refractivity contribution in [1.29, 1.82) is 0 Å². The number of aromatic nitrogens is 3. The van der Waals surface area contributed by atoms with Crippen molar-refractivity contribution in [3.8, 4) is 23.1 Å². The van der Waals surface area contributed by atoms with Gasteiger partial charge < -0.3 is 10.1 Å². The molecule has 3 aromatic rings. The van der Waals surface area contributed by atoms with Gasteiger partial charge in [-0.05, 0) is 36.8 Å². The van der Waals surface area contributed by atoms with Gasteiger partial charge in [-0.15, -0.1) is 16.7 Å². The van der Waals surface area contributed by atoms with Crippen LogP contribution in [0, 0.1) is 6.92 Å². The van der Waals surface area contributed by atoms with Crippen LogP contribution in [-0.2, 0) is 4.79 Å². The van der Waals surface area contributed by atoms with Crippen LogP contribution >= 0.6 is 11.6 Å². The van der Waals surface area contributed by atoms with Gasteiger partial charge in [0.1, 0.15) is 0 Å². The van der Waals surface area contributed by atoms with Crippen LogP contribution in [0.4, 0.5) is 5.69 Å². The minimum absolute atomic E-state index is 0.115. The third-order valence-electron chi connectivity index (χ3n) is 3.87. The van der Waals surface area contributed by atoms with Gasteiger partial charge in [0.15, 0.2) is 5.82 Å². The molecule has 1 aromatic heterocycles. The fourth-order valence-corrected chi connectivity index (χ4v) is 2.72. The van der Waals surface area contributed by atoms with Crippen molar-refractivity contribution in [1.82, 2.24) is 14.8 Å². The maximum absolute atomic E-state index is 11.6. The van der Waals surface area contributed by atoms with Gasteiger partial charge in [-0.2, -0.15) is 4.98 Å². The number of alkyl halides is 1. The molecule has 0 bridgehead atoms. The van der Waals surface area contributed by atoms with Crippen molar-refractivity contribution in [2.45, 2.75) is 13.3 Å². The number of methoxy groups -OCH3 is 1. The number of benzene rings is 2. The summed E-state index contributed by atoms with van der Waals surface area (Å²) in [5.41, 5.74) is 3.58. The monoisotopic (exact) mass is 370 g/mol. The summed E-state index contributed by atoms with van der Waals surface area (Å²) in [4.78, 5) is 16.1. The number of nitrogens with zero attached hydrogens (tertiary/aromatic N) is 3. The summed E-state index contributed by atoms with van der Waals surface area (Å²) in [6.45, 7) is 2.02. The van der Waals surface area contributed by atoms with E-state index in [0.717, 1.165) is 16.8 Å². The molecule has 0 saturated carbocycles. The zero-order valence-electron chi connectivity index (χ0n) is 14.6. The van der Waals surface area contributed by atoms with Gasteiger partial charge in [0.05, 0.1) is 12.8 Å². The number of rotatable bonds is 6. The van der Waals surface area contributed by atoms with Gasteiger partial charge >= 0.3 is 6.01 Å². The Morgan fingerprint density at radius 3 is 2.58 bits per heavy atom. The van der Waals surface area contributed by atoms with E-state index in [4.69, 9.17) is 16.3 Å². The first-order valence-corrected chi connectivity index (χ1v) is 8.69. The first kappa shape index (κ1) is 17.9. The van der Waals surface area contributed by atoms with Crippen LogP contribution in [-0.4, -0.2) is 33.7 Å². The summed E-state index contributed by atoms with van der Waals surface area (Å²) in [6, 6.07) is 15.6. The number of carbonyl (C=O) groups is 1. The Morgan fingerprint density at radius 1 is 1.19 bits per heavy atom. The zero-order chi connectivity index (χ0) is 18.5. The van der Waals surface area contributed by atoms with Gasteiger partial charge in [-0.25, -0.2) is 4.68 Å². The topological polar surface area (TPSA) is 69.0 Å². The second-order valence-electron chi connectivity index (χ2n) is 5.68. The Balaban J connectivity index is 1.95. The van der Waals surface area contributed by atoms with Crippen LogP contribution in [0.1, 0.15) is 12.0 Å². The maximum atomic E-state index is 11.6. The highest BCUT2D eigenvalue weighted by Gasteiger charge is 2.15. The largest absolute Gasteiger partial charge is 0.466 e. The molecule has 2 aromatic carbocycles. The summed E-state index contributed by atoms with van der Waals surface area (Å²) >= 11 is 5.58. The van der Waals surface area contributed by atoms with E-state index in [0.29, 0.717) is 23.4 Å². The summed E-state index contributed by atoms with van der Waals surface area (Å²) < 4.78 is 6.94. The molecule has 0 aliphatic heterocycles. The van der Waals surface area contributed by atoms with E-state index in [2.05, 4.69) is 15.4 Å². The van der Waals surface area contributed by atoms with E-state index in [1.54, 1.807) is 4.68 Å². The highest BCUT2D eigenvalue weighted by atomic mass is 35.5. The first-order chi connectivity index (χ1) is 12.6. The molecule has 1 amide bonds. The second kappa shape index (κ2) is 8.01. The molecule has 3 rings (SSSR count). The highest BCUT2D eigenvalue weighted by Crippen LogP contribution is 2.26. The van der Waals surface area contributed by atoms with Crippen LogP contribution < -0.4 is 10.1 Å². The molecule has 26 heavy (non-hydrogen) atoms. The number of amides is 1. The Morgan fingerprint density at radius 2 is 1.92 bits per heavy atom. The predicted molar refractivity (Wildman–Crippen MR) is 102 cm³/mol. The van der Waals surface area contributed by atoms with E-state index >= 15 is 0 Å². The van der Waals surface area contributed by atoms with Crippen molar-refractivity contribution < 1.29 is 9.53 Å². The van der Waals surface area contributed by atoms with Crippen LogP contribution in [0.3, 0.4) is 0 Å². The van der Waals surface area contributed by atoms with Crippen molar-refractivity contribution in [3.05, 3.63) is 54.1 Å². The lowest BCUT2D eigenvalue weighted by atomic mass is 10.1. The fraction of sp³-hybridized carbons (Fsp3) is 0.211. The minimum atomic E-state index is -0.115. The lowest BCUT2D eigenvalue weighted by Gasteiger charge is -2.09. The van der Waals surface area contributed by atoms with E-state index in [1.807, 2.05) is 55.5 Å². The van der Waals surface area contributed by atoms with Crippen molar-refractivity contribution in [2.24, 2.45) is 0 Å². The molecule has 0 fully saturated rings. The molecular weight excluding hydrogens is 352 g/mol. The quantitative estimate of drug-likeness (QED) is 0.670. The lowest BCUT2D eigenvalue weighted by molar-refractivity contribution is -0.115. The fourth-order valence-electron chi connectivity index (χ4n) is 2.55. The molecule has 0 aliphatic rings. The summed E-state index contributed by atoms with van der Waals surface area (Å²) in [6.07, 6.45) is 0.279. The van der Waals surface area contributed by atoms with Crippen molar-refractivity contribution in [3.63, 3.8) is 0 Å². The normalized spacial score (nSPS) is 10.6. The van der Waals surface area contributed by atoms with Gasteiger partial charge in [-0.3, -0.25) is 4.79 Å². The molecule has 134 valence electrons. The van der Waals surface area contributed by atoms with Crippen LogP contribution in [0.2, 0.25) is 0 Å². The smallest absolute Gasteiger partial charge is 0.336 e. The first-order valence-electron chi connectivity index (χ1n) is 8.15. The molecule has 0 spiro atoms. The standard InChI is InChI=1S/C19H19ClN4O2/c1-13-5-3-4-6-16(13)18-22-19(26-2)23-24(18)15-9-7-14(8-10-15)21-17(25)11-12-20/h3-10H,11-12H2,1-2H3,(H,21,25). The molecule has 0 aliphatic carbocycles. The molecule has 0 unspecified atom stereocenters. The van der Waals surface area contributed by atoms with Gasteiger partial charge in [-0.1, -0.05) is 24.3 Å². The maximum Gasteiger partial charge on any atom is 0.336 e. The Bertz CT molecular complexity index is 906. The molecule has 6 nitrogen and oxygen atoms in total. The summed E-state index contributed by atoms with van der Waals surface area (Å²) in [5.74, 6) is 0.872. The molecule has 0 radical (unpaired) electrons. The second-order valence-corrected chi connectivity index (χ2v) is 6.06. The van der Waals surface area contributed by atoms with Crippen LogP contribution in [0.25, 0.3) is 17.1 Å². The average molecular weight is 371 g/mol. The SMILES string of the molecule is COc1nc(-c2ccccc2C)n(-c2ccc(NC(=O)CCCl)cc2)n1. The number of carbonyl (C=O) groups excluding carboxylic acids is 1. The van der Waals surface area contributed by atoms with Gasteiger partial charge in [0.2, 0.25) is 5.91 Å². The van der Waals surface area contributed by atoms with E-state index in [-0.39, 0.29) is 12.3 Å². The number of nitrogens with one attached hydrogen (secondary N) is 1. The molecule has 0 saturated heterocycles. The summed E-state index contributed by atoms with van der Waals surface area (Å²) in [5, 5.41) is 7.21. The highest BCUT2D eigenvalue weighted by molar-refractivity contribution is 6.19. The van der Waals surface area contributed by atoms with Gasteiger partial charge in [0.25, 0.3) is 0 Å². The lowest BCUT2D eigenvalue weighted by Crippen LogP contribution is -2.11. The average Bonchev–Trinajstić information content (AvgIpc) is 3.07. The molecule has 1 heterocycles. The van der Waals surface area contributed by atoms with Crippen LogP contribution in [0.5, 0.6) is 6.01 Å². The van der Waals surface area contributed by atoms with E-state index < -0.39 is 0 Å². The summed E-state index contributed by atoms with van der Waals surface area (Å²) in [7, 11) is 1.54. The third kappa shape index (κ3) is 3.86. The van der Waals surface area contributed by atoms with Gasteiger partial charge in [0, 0.05) is 23.6 Å². The number of aryl methyl sites for hydroxylation is 1. The van der Waals surface area contributed by atoms with E-state index in [1.165, 1.54) is 7.11 Å². The molecule has 1 N–H and O–H groups in total. The van der Waals surface area contributed by atoms with Crippen molar-refractivity contribution in [2.75, 3.05) is 18.3 Å². The predicted octanol–water partition coefficient (Wildman–Crippen LogP) is 3.82. The molecule has 0 atom stereocenters.